The van der Waals surface area contributed by atoms with E-state index in [-0.39, 0.29) is 12.0 Å². The molecule has 2 heterocycles. The van der Waals surface area contributed by atoms with Gasteiger partial charge in [0, 0.05) is 18.7 Å². The second-order valence-corrected chi connectivity index (χ2v) is 6.07. The molecule has 1 atom stereocenters. The third-order valence-corrected chi connectivity index (χ3v) is 4.77. The zero-order valence-electron chi connectivity index (χ0n) is 12.6. The largest absolute Gasteiger partial charge is 0.388 e. The lowest BCUT2D eigenvalue weighted by molar-refractivity contribution is -0.118. The molecule has 0 aliphatic carbocycles. The van der Waals surface area contributed by atoms with Gasteiger partial charge in [0.05, 0.1) is 6.10 Å². The number of benzene rings is 1. The van der Waals surface area contributed by atoms with E-state index in [0.29, 0.717) is 12.3 Å². The standard InChI is InChI=1S/C17H24N2O2/c1-2-16(20)19-10-7-13-11-14(3-4-15(13)19)17(21)12-5-8-18-9-6-12/h3-4,11-12,17-18,21H,2,5-10H2,1H3. The number of anilines is 1. The average molecular weight is 288 g/mol. The molecule has 1 aromatic carbocycles. The second kappa shape index (κ2) is 6.16. The van der Waals surface area contributed by atoms with E-state index in [2.05, 4.69) is 11.4 Å². The van der Waals surface area contributed by atoms with Gasteiger partial charge in [-0.05, 0) is 55.5 Å². The molecule has 2 aliphatic heterocycles. The van der Waals surface area contributed by atoms with Crippen molar-refractivity contribution >= 4 is 11.6 Å². The summed E-state index contributed by atoms with van der Waals surface area (Å²) in [7, 11) is 0. The molecule has 0 aromatic heterocycles. The van der Waals surface area contributed by atoms with Gasteiger partial charge in [-0.25, -0.2) is 0 Å². The number of hydrogen-bond acceptors (Lipinski definition) is 3. The van der Waals surface area contributed by atoms with Gasteiger partial charge in [-0.3, -0.25) is 4.79 Å². The number of hydrogen-bond donors (Lipinski definition) is 2. The topological polar surface area (TPSA) is 52.6 Å². The van der Waals surface area contributed by atoms with E-state index in [1.165, 1.54) is 5.56 Å². The SMILES string of the molecule is CCC(=O)N1CCc2cc(C(O)C3CCNCC3)ccc21. The monoisotopic (exact) mass is 288 g/mol. The Morgan fingerprint density at radius 2 is 2.19 bits per heavy atom. The van der Waals surface area contributed by atoms with Gasteiger partial charge in [0.15, 0.2) is 0 Å². The molecule has 4 heteroatoms. The van der Waals surface area contributed by atoms with Gasteiger partial charge >= 0.3 is 0 Å². The Bertz CT molecular complexity index is 524. The number of piperidine rings is 1. The minimum absolute atomic E-state index is 0.181. The molecule has 21 heavy (non-hydrogen) atoms. The van der Waals surface area contributed by atoms with Crippen molar-refractivity contribution in [3.8, 4) is 0 Å². The molecular weight excluding hydrogens is 264 g/mol. The molecule has 0 saturated carbocycles. The fourth-order valence-corrected chi connectivity index (χ4v) is 3.49. The van der Waals surface area contributed by atoms with Crippen LogP contribution in [-0.4, -0.2) is 30.6 Å². The summed E-state index contributed by atoms with van der Waals surface area (Å²) in [5, 5.41) is 13.9. The molecule has 1 aromatic rings. The Balaban J connectivity index is 1.79. The molecule has 0 bridgehead atoms. The van der Waals surface area contributed by atoms with Crippen molar-refractivity contribution in [3.05, 3.63) is 29.3 Å². The van der Waals surface area contributed by atoms with E-state index < -0.39 is 0 Å². The van der Waals surface area contributed by atoms with E-state index in [1.807, 2.05) is 24.0 Å². The lowest BCUT2D eigenvalue weighted by Crippen LogP contribution is -2.30. The van der Waals surface area contributed by atoms with Gasteiger partial charge < -0.3 is 15.3 Å². The van der Waals surface area contributed by atoms with Crippen molar-refractivity contribution in [1.82, 2.24) is 5.32 Å². The number of nitrogens with one attached hydrogen (secondary N) is 1. The highest BCUT2D eigenvalue weighted by atomic mass is 16.3. The normalized spacial score (nSPS) is 20.4. The predicted molar refractivity (Wildman–Crippen MR) is 83.3 cm³/mol. The van der Waals surface area contributed by atoms with Crippen molar-refractivity contribution in [2.24, 2.45) is 5.92 Å². The summed E-state index contributed by atoms with van der Waals surface area (Å²) in [6.07, 6.45) is 3.11. The van der Waals surface area contributed by atoms with Crippen LogP contribution < -0.4 is 10.2 Å². The van der Waals surface area contributed by atoms with Crippen LogP contribution in [0.3, 0.4) is 0 Å². The lowest BCUT2D eigenvalue weighted by Gasteiger charge is -2.28. The summed E-state index contributed by atoms with van der Waals surface area (Å²) >= 11 is 0. The van der Waals surface area contributed by atoms with Gasteiger partial charge in [-0.15, -0.1) is 0 Å². The molecule has 114 valence electrons. The Hall–Kier alpha value is -1.39. The predicted octanol–water partition coefficient (Wildman–Crippen LogP) is 2.02. The van der Waals surface area contributed by atoms with Crippen LogP contribution in [0.15, 0.2) is 18.2 Å². The first-order valence-electron chi connectivity index (χ1n) is 8.02. The number of fused-ring (bicyclic) bond motifs is 1. The molecule has 0 radical (unpaired) electrons. The first-order chi connectivity index (χ1) is 10.2. The minimum Gasteiger partial charge on any atom is -0.388 e. The molecule has 0 spiro atoms. The number of rotatable bonds is 3. The highest BCUT2D eigenvalue weighted by molar-refractivity contribution is 5.95. The van der Waals surface area contributed by atoms with Crippen molar-refractivity contribution in [1.29, 1.82) is 0 Å². The van der Waals surface area contributed by atoms with Crippen LogP contribution in [0.25, 0.3) is 0 Å². The number of aliphatic hydroxyl groups excluding tert-OH is 1. The van der Waals surface area contributed by atoms with Gasteiger partial charge in [0.25, 0.3) is 0 Å². The summed E-state index contributed by atoms with van der Waals surface area (Å²) in [5.74, 6) is 0.527. The Labute approximate surface area is 126 Å². The van der Waals surface area contributed by atoms with Gasteiger partial charge in [-0.1, -0.05) is 19.1 Å². The summed E-state index contributed by atoms with van der Waals surface area (Å²) < 4.78 is 0. The van der Waals surface area contributed by atoms with Crippen molar-refractivity contribution in [2.75, 3.05) is 24.5 Å². The molecule has 3 rings (SSSR count). The zero-order chi connectivity index (χ0) is 14.8. The lowest BCUT2D eigenvalue weighted by atomic mass is 9.87. The van der Waals surface area contributed by atoms with Gasteiger partial charge in [0.1, 0.15) is 0 Å². The summed E-state index contributed by atoms with van der Waals surface area (Å²) in [5.41, 5.74) is 3.23. The van der Waals surface area contributed by atoms with Crippen LogP contribution in [-0.2, 0) is 11.2 Å². The number of nitrogens with zero attached hydrogens (tertiary/aromatic N) is 1. The van der Waals surface area contributed by atoms with Crippen LogP contribution in [0.4, 0.5) is 5.69 Å². The highest BCUT2D eigenvalue weighted by Gasteiger charge is 2.27. The van der Waals surface area contributed by atoms with E-state index >= 15 is 0 Å². The maximum Gasteiger partial charge on any atom is 0.226 e. The maximum atomic E-state index is 11.9. The van der Waals surface area contributed by atoms with Gasteiger partial charge in [0.2, 0.25) is 5.91 Å². The maximum absolute atomic E-state index is 11.9. The molecule has 2 aliphatic rings. The fourth-order valence-electron chi connectivity index (χ4n) is 3.49. The smallest absolute Gasteiger partial charge is 0.226 e. The van der Waals surface area contributed by atoms with Crippen molar-refractivity contribution in [3.63, 3.8) is 0 Å². The number of aliphatic hydroxyl groups is 1. The first kappa shape index (κ1) is 14.5. The molecule has 1 amide bonds. The fraction of sp³-hybridized carbons (Fsp3) is 0.588. The van der Waals surface area contributed by atoms with Crippen LogP contribution in [0.5, 0.6) is 0 Å². The average Bonchev–Trinajstić information content (AvgIpc) is 2.97. The first-order valence-corrected chi connectivity index (χ1v) is 8.02. The van der Waals surface area contributed by atoms with Crippen molar-refractivity contribution in [2.45, 2.75) is 38.7 Å². The molecule has 4 nitrogen and oxygen atoms in total. The summed E-state index contributed by atoms with van der Waals surface area (Å²) in [6, 6.07) is 6.10. The van der Waals surface area contributed by atoms with Crippen LogP contribution in [0.1, 0.15) is 43.4 Å². The van der Waals surface area contributed by atoms with Crippen molar-refractivity contribution < 1.29 is 9.90 Å². The number of carbonyl (C=O) groups is 1. The van der Waals surface area contributed by atoms with Crippen LogP contribution >= 0.6 is 0 Å². The van der Waals surface area contributed by atoms with Gasteiger partial charge in [-0.2, -0.15) is 0 Å². The molecule has 1 fully saturated rings. The zero-order valence-corrected chi connectivity index (χ0v) is 12.6. The van der Waals surface area contributed by atoms with E-state index in [4.69, 9.17) is 0 Å². The molecule has 1 saturated heterocycles. The Kier molecular flexibility index (Phi) is 4.27. The number of carbonyl (C=O) groups excluding carboxylic acids is 1. The van der Waals surface area contributed by atoms with Crippen LogP contribution in [0.2, 0.25) is 0 Å². The third-order valence-electron chi connectivity index (χ3n) is 4.77. The highest BCUT2D eigenvalue weighted by Crippen LogP contribution is 2.34. The Morgan fingerprint density at radius 1 is 1.43 bits per heavy atom. The summed E-state index contributed by atoms with van der Waals surface area (Å²) in [4.78, 5) is 13.8. The van der Waals surface area contributed by atoms with E-state index in [1.54, 1.807) is 0 Å². The molecular formula is C17H24N2O2. The van der Waals surface area contributed by atoms with Crippen LogP contribution in [0, 0.1) is 5.92 Å². The second-order valence-electron chi connectivity index (χ2n) is 6.07. The molecule has 2 N–H and O–H groups in total. The Morgan fingerprint density at radius 3 is 2.90 bits per heavy atom. The molecule has 1 unspecified atom stereocenters. The van der Waals surface area contributed by atoms with E-state index in [0.717, 1.165) is 50.1 Å². The summed E-state index contributed by atoms with van der Waals surface area (Å²) in [6.45, 7) is 4.65. The quantitative estimate of drug-likeness (QED) is 0.894. The van der Waals surface area contributed by atoms with E-state index in [9.17, 15) is 9.90 Å². The third kappa shape index (κ3) is 2.83. The minimum atomic E-state index is -0.381. The number of amides is 1.